The SMILES string of the molecule is Cc1ccc(N2C(=O)c3ccccc3N[C@H]2c2cccn2C)cc1. The van der Waals surface area contributed by atoms with Gasteiger partial charge in [0.05, 0.1) is 11.3 Å². The van der Waals surface area contributed by atoms with Gasteiger partial charge >= 0.3 is 0 Å². The van der Waals surface area contributed by atoms with Crippen LogP contribution in [0.3, 0.4) is 0 Å². The first-order valence-electron chi connectivity index (χ1n) is 8.02. The van der Waals surface area contributed by atoms with E-state index in [9.17, 15) is 4.79 Å². The Balaban J connectivity index is 1.87. The van der Waals surface area contributed by atoms with Crippen molar-refractivity contribution in [3.63, 3.8) is 0 Å². The number of amides is 1. The molecule has 2 aromatic carbocycles. The third-order valence-corrected chi connectivity index (χ3v) is 4.50. The van der Waals surface area contributed by atoms with Gasteiger partial charge in [0.2, 0.25) is 0 Å². The Labute approximate surface area is 141 Å². The summed E-state index contributed by atoms with van der Waals surface area (Å²) in [7, 11) is 2.00. The normalized spacial score (nSPS) is 16.7. The van der Waals surface area contributed by atoms with Crippen molar-refractivity contribution in [1.82, 2.24) is 4.57 Å². The van der Waals surface area contributed by atoms with Gasteiger partial charge in [-0.05, 0) is 43.3 Å². The van der Waals surface area contributed by atoms with Crippen LogP contribution in [0.1, 0.15) is 27.8 Å². The van der Waals surface area contributed by atoms with E-state index < -0.39 is 0 Å². The maximum Gasteiger partial charge on any atom is 0.262 e. The van der Waals surface area contributed by atoms with Crippen LogP contribution in [0.5, 0.6) is 0 Å². The third kappa shape index (κ3) is 2.27. The molecule has 24 heavy (non-hydrogen) atoms. The van der Waals surface area contributed by atoms with E-state index in [0.29, 0.717) is 5.56 Å². The number of fused-ring (bicyclic) bond motifs is 1. The number of aryl methyl sites for hydroxylation is 2. The summed E-state index contributed by atoms with van der Waals surface area (Å²) in [4.78, 5) is 15.0. The molecule has 4 rings (SSSR count). The lowest BCUT2D eigenvalue weighted by molar-refractivity contribution is 0.0974. The number of nitrogens with one attached hydrogen (secondary N) is 1. The van der Waals surface area contributed by atoms with Gasteiger partial charge in [0.15, 0.2) is 0 Å². The average molecular weight is 317 g/mol. The van der Waals surface area contributed by atoms with Crippen LogP contribution in [0.2, 0.25) is 0 Å². The molecular formula is C20H19N3O. The van der Waals surface area contributed by atoms with Crippen LogP contribution in [0.4, 0.5) is 11.4 Å². The highest BCUT2D eigenvalue weighted by Crippen LogP contribution is 2.36. The minimum atomic E-state index is -0.241. The molecule has 2 heterocycles. The molecule has 0 unspecified atom stereocenters. The minimum Gasteiger partial charge on any atom is -0.359 e. The van der Waals surface area contributed by atoms with Gasteiger partial charge in [-0.25, -0.2) is 0 Å². The van der Waals surface area contributed by atoms with Crippen molar-refractivity contribution in [2.45, 2.75) is 13.1 Å². The van der Waals surface area contributed by atoms with Crippen molar-refractivity contribution in [3.8, 4) is 0 Å². The van der Waals surface area contributed by atoms with Crippen molar-refractivity contribution in [1.29, 1.82) is 0 Å². The van der Waals surface area contributed by atoms with Crippen molar-refractivity contribution in [3.05, 3.63) is 83.7 Å². The molecule has 120 valence electrons. The maximum atomic E-state index is 13.2. The van der Waals surface area contributed by atoms with Crippen LogP contribution in [0.25, 0.3) is 0 Å². The highest BCUT2D eigenvalue weighted by Gasteiger charge is 2.34. The predicted octanol–water partition coefficient (Wildman–Crippen LogP) is 4.10. The van der Waals surface area contributed by atoms with Crippen LogP contribution in [0.15, 0.2) is 66.9 Å². The van der Waals surface area contributed by atoms with Crippen LogP contribution in [0, 0.1) is 6.92 Å². The molecule has 4 nitrogen and oxygen atoms in total. The summed E-state index contributed by atoms with van der Waals surface area (Å²) in [6, 6.07) is 19.8. The zero-order valence-electron chi connectivity index (χ0n) is 13.7. The number of rotatable bonds is 2. The maximum absolute atomic E-state index is 13.2. The molecule has 0 spiro atoms. The number of carbonyl (C=O) groups excluding carboxylic acids is 1. The molecule has 4 heteroatoms. The molecule has 0 bridgehead atoms. The van der Waals surface area contributed by atoms with E-state index in [1.807, 2.05) is 90.3 Å². The number of para-hydroxylation sites is 1. The highest BCUT2D eigenvalue weighted by molar-refractivity contribution is 6.12. The quantitative estimate of drug-likeness (QED) is 0.772. The second-order valence-electron chi connectivity index (χ2n) is 6.15. The van der Waals surface area contributed by atoms with Gasteiger partial charge in [0.25, 0.3) is 5.91 Å². The lowest BCUT2D eigenvalue weighted by Gasteiger charge is -2.38. The van der Waals surface area contributed by atoms with E-state index in [1.165, 1.54) is 5.56 Å². The summed E-state index contributed by atoms with van der Waals surface area (Å²) in [5.41, 5.74) is 4.67. The van der Waals surface area contributed by atoms with Crippen LogP contribution >= 0.6 is 0 Å². The minimum absolute atomic E-state index is 0.0133. The zero-order valence-corrected chi connectivity index (χ0v) is 13.7. The molecule has 1 aliphatic rings. The topological polar surface area (TPSA) is 37.3 Å². The fraction of sp³-hybridized carbons (Fsp3) is 0.150. The Morgan fingerprint density at radius 3 is 2.42 bits per heavy atom. The summed E-state index contributed by atoms with van der Waals surface area (Å²) in [6.07, 6.45) is 1.75. The number of anilines is 2. The highest BCUT2D eigenvalue weighted by atomic mass is 16.2. The Morgan fingerprint density at radius 2 is 1.71 bits per heavy atom. The molecule has 0 radical (unpaired) electrons. The third-order valence-electron chi connectivity index (χ3n) is 4.50. The second-order valence-corrected chi connectivity index (χ2v) is 6.15. The molecule has 0 aliphatic carbocycles. The van der Waals surface area contributed by atoms with Gasteiger partial charge in [0.1, 0.15) is 6.17 Å². The van der Waals surface area contributed by atoms with E-state index in [-0.39, 0.29) is 12.1 Å². The molecule has 1 N–H and O–H groups in total. The van der Waals surface area contributed by atoms with Crippen molar-refractivity contribution >= 4 is 17.3 Å². The van der Waals surface area contributed by atoms with E-state index >= 15 is 0 Å². The van der Waals surface area contributed by atoms with Crippen molar-refractivity contribution in [2.75, 3.05) is 10.2 Å². The van der Waals surface area contributed by atoms with Crippen molar-refractivity contribution in [2.24, 2.45) is 7.05 Å². The molecule has 1 aromatic heterocycles. The van der Waals surface area contributed by atoms with Gasteiger partial charge < -0.3 is 9.88 Å². The summed E-state index contributed by atoms with van der Waals surface area (Å²) >= 11 is 0. The number of aromatic nitrogens is 1. The molecule has 0 saturated heterocycles. The van der Waals surface area contributed by atoms with E-state index in [1.54, 1.807) is 0 Å². The van der Waals surface area contributed by atoms with Gasteiger partial charge in [-0.3, -0.25) is 9.69 Å². The first-order chi connectivity index (χ1) is 11.6. The van der Waals surface area contributed by atoms with Gasteiger partial charge in [-0.15, -0.1) is 0 Å². The lowest BCUT2D eigenvalue weighted by Crippen LogP contribution is -2.43. The molecule has 1 amide bonds. The number of nitrogens with zero attached hydrogens (tertiary/aromatic N) is 2. The van der Waals surface area contributed by atoms with E-state index in [4.69, 9.17) is 0 Å². The Morgan fingerprint density at radius 1 is 0.958 bits per heavy atom. The second kappa shape index (κ2) is 5.57. The summed E-state index contributed by atoms with van der Waals surface area (Å²) in [5, 5.41) is 3.52. The summed E-state index contributed by atoms with van der Waals surface area (Å²) in [6.45, 7) is 2.05. The van der Waals surface area contributed by atoms with Crippen LogP contribution in [-0.2, 0) is 7.05 Å². The van der Waals surface area contributed by atoms with E-state index in [0.717, 1.165) is 17.1 Å². The molecule has 1 atom stereocenters. The lowest BCUT2D eigenvalue weighted by atomic mass is 10.0. The summed E-state index contributed by atoms with van der Waals surface area (Å²) in [5.74, 6) is 0.0133. The first-order valence-corrected chi connectivity index (χ1v) is 8.02. The Hall–Kier alpha value is -3.01. The van der Waals surface area contributed by atoms with Gasteiger partial charge in [0, 0.05) is 24.6 Å². The fourth-order valence-electron chi connectivity index (χ4n) is 3.19. The predicted molar refractivity (Wildman–Crippen MR) is 96.2 cm³/mol. The van der Waals surface area contributed by atoms with E-state index in [2.05, 4.69) is 5.32 Å². The molecule has 1 aliphatic heterocycles. The zero-order chi connectivity index (χ0) is 16.7. The standard InChI is InChI=1S/C20H19N3O/c1-14-9-11-15(12-10-14)23-19(18-8-5-13-22(18)2)21-17-7-4-3-6-16(17)20(23)24/h3-13,19,21H,1-2H3/t19-/m1/s1. The molecule has 3 aromatic rings. The average Bonchev–Trinajstić information content (AvgIpc) is 3.02. The van der Waals surface area contributed by atoms with Crippen molar-refractivity contribution < 1.29 is 4.79 Å². The Bertz CT molecular complexity index is 895. The number of benzene rings is 2. The molecule has 0 saturated carbocycles. The van der Waals surface area contributed by atoms with Crippen LogP contribution < -0.4 is 10.2 Å². The first kappa shape index (κ1) is 14.6. The van der Waals surface area contributed by atoms with Crippen LogP contribution in [-0.4, -0.2) is 10.5 Å². The monoisotopic (exact) mass is 317 g/mol. The van der Waals surface area contributed by atoms with Gasteiger partial charge in [-0.1, -0.05) is 29.8 Å². The fourth-order valence-corrected chi connectivity index (χ4v) is 3.19. The smallest absolute Gasteiger partial charge is 0.262 e. The number of hydrogen-bond donors (Lipinski definition) is 1. The largest absolute Gasteiger partial charge is 0.359 e. The molecule has 0 fully saturated rings. The number of carbonyl (C=O) groups is 1. The van der Waals surface area contributed by atoms with Gasteiger partial charge in [-0.2, -0.15) is 0 Å². The molecular weight excluding hydrogens is 298 g/mol. The summed E-state index contributed by atoms with van der Waals surface area (Å²) < 4.78 is 2.04. The number of hydrogen-bond acceptors (Lipinski definition) is 2. The Kier molecular flexibility index (Phi) is 3.38.